The SMILES string of the molecule is CCc1ccccc1C(=O)N1CCCC(C2CCCN2)C1. The van der Waals surface area contributed by atoms with Crippen LogP contribution in [0.4, 0.5) is 0 Å². The summed E-state index contributed by atoms with van der Waals surface area (Å²) in [7, 11) is 0. The minimum atomic E-state index is 0.232. The highest BCUT2D eigenvalue weighted by Gasteiger charge is 2.31. The number of nitrogens with one attached hydrogen (secondary N) is 1. The molecule has 21 heavy (non-hydrogen) atoms. The van der Waals surface area contributed by atoms with Crippen LogP contribution < -0.4 is 5.32 Å². The van der Waals surface area contributed by atoms with Crippen LogP contribution in [-0.4, -0.2) is 36.5 Å². The molecular formula is C18H26N2O. The lowest BCUT2D eigenvalue weighted by atomic mass is 9.89. The largest absolute Gasteiger partial charge is 0.338 e. The van der Waals surface area contributed by atoms with Gasteiger partial charge in [0, 0.05) is 24.7 Å². The number of likely N-dealkylation sites (tertiary alicyclic amines) is 1. The van der Waals surface area contributed by atoms with Crippen molar-refractivity contribution in [2.75, 3.05) is 19.6 Å². The van der Waals surface area contributed by atoms with Gasteiger partial charge in [-0.05, 0) is 56.2 Å². The molecule has 0 bridgehead atoms. The van der Waals surface area contributed by atoms with E-state index in [0.29, 0.717) is 12.0 Å². The highest BCUT2D eigenvalue weighted by molar-refractivity contribution is 5.95. The van der Waals surface area contributed by atoms with Gasteiger partial charge >= 0.3 is 0 Å². The number of hydrogen-bond donors (Lipinski definition) is 1. The molecule has 0 radical (unpaired) electrons. The van der Waals surface area contributed by atoms with Crippen molar-refractivity contribution in [2.24, 2.45) is 5.92 Å². The van der Waals surface area contributed by atoms with E-state index in [-0.39, 0.29) is 5.91 Å². The Bertz CT molecular complexity index is 494. The Kier molecular flexibility index (Phi) is 4.59. The Hall–Kier alpha value is -1.35. The topological polar surface area (TPSA) is 32.3 Å². The first kappa shape index (κ1) is 14.6. The van der Waals surface area contributed by atoms with Gasteiger partial charge in [0.1, 0.15) is 0 Å². The number of carbonyl (C=O) groups excluding carboxylic acids is 1. The van der Waals surface area contributed by atoms with Crippen LogP contribution in [0.1, 0.15) is 48.5 Å². The number of benzene rings is 1. The van der Waals surface area contributed by atoms with Crippen molar-refractivity contribution in [3.63, 3.8) is 0 Å². The molecule has 0 spiro atoms. The van der Waals surface area contributed by atoms with E-state index in [2.05, 4.69) is 23.2 Å². The molecule has 2 heterocycles. The maximum absolute atomic E-state index is 12.8. The molecule has 0 aliphatic carbocycles. The lowest BCUT2D eigenvalue weighted by Crippen LogP contribution is -2.46. The lowest BCUT2D eigenvalue weighted by molar-refractivity contribution is 0.0650. The van der Waals surface area contributed by atoms with Gasteiger partial charge in [0.05, 0.1) is 0 Å². The summed E-state index contributed by atoms with van der Waals surface area (Å²) in [5.74, 6) is 0.870. The molecule has 2 fully saturated rings. The minimum Gasteiger partial charge on any atom is -0.338 e. The molecule has 2 saturated heterocycles. The minimum absolute atomic E-state index is 0.232. The van der Waals surface area contributed by atoms with Crippen LogP contribution in [0.2, 0.25) is 0 Å². The molecule has 3 rings (SSSR count). The first-order valence-electron chi connectivity index (χ1n) is 8.40. The summed E-state index contributed by atoms with van der Waals surface area (Å²) in [4.78, 5) is 14.9. The molecule has 114 valence electrons. The molecule has 2 atom stereocenters. The van der Waals surface area contributed by atoms with Crippen molar-refractivity contribution in [1.29, 1.82) is 0 Å². The zero-order valence-corrected chi connectivity index (χ0v) is 13.0. The maximum Gasteiger partial charge on any atom is 0.254 e. The molecule has 1 N–H and O–H groups in total. The number of hydrogen-bond acceptors (Lipinski definition) is 2. The number of amides is 1. The van der Waals surface area contributed by atoms with Gasteiger partial charge < -0.3 is 10.2 Å². The van der Waals surface area contributed by atoms with E-state index in [1.54, 1.807) is 0 Å². The molecule has 3 heteroatoms. The predicted octanol–water partition coefficient (Wildman–Crippen LogP) is 2.85. The highest BCUT2D eigenvalue weighted by Crippen LogP contribution is 2.26. The Morgan fingerprint density at radius 1 is 1.29 bits per heavy atom. The zero-order chi connectivity index (χ0) is 14.7. The third-order valence-electron chi connectivity index (χ3n) is 5.04. The smallest absolute Gasteiger partial charge is 0.254 e. The Balaban J connectivity index is 1.71. The van der Waals surface area contributed by atoms with E-state index < -0.39 is 0 Å². The fourth-order valence-electron chi connectivity index (χ4n) is 3.84. The second-order valence-electron chi connectivity index (χ2n) is 6.37. The van der Waals surface area contributed by atoms with Crippen molar-refractivity contribution < 1.29 is 4.79 Å². The second-order valence-corrected chi connectivity index (χ2v) is 6.37. The van der Waals surface area contributed by atoms with Crippen LogP contribution in [0, 0.1) is 5.92 Å². The molecule has 1 aromatic carbocycles. The summed E-state index contributed by atoms with van der Waals surface area (Å²) in [6, 6.07) is 8.69. The average Bonchev–Trinajstić information content (AvgIpc) is 3.09. The molecule has 1 amide bonds. The van der Waals surface area contributed by atoms with Crippen molar-refractivity contribution in [3.05, 3.63) is 35.4 Å². The van der Waals surface area contributed by atoms with Crippen molar-refractivity contribution >= 4 is 5.91 Å². The van der Waals surface area contributed by atoms with Gasteiger partial charge in [0.15, 0.2) is 0 Å². The fourth-order valence-corrected chi connectivity index (χ4v) is 3.84. The summed E-state index contributed by atoms with van der Waals surface area (Å²) in [6.45, 7) is 5.11. The first-order valence-corrected chi connectivity index (χ1v) is 8.40. The number of carbonyl (C=O) groups is 1. The van der Waals surface area contributed by atoms with Gasteiger partial charge in [0.2, 0.25) is 0 Å². The molecular weight excluding hydrogens is 260 g/mol. The summed E-state index contributed by atoms with van der Waals surface area (Å²) in [6.07, 6.45) is 5.88. The van der Waals surface area contributed by atoms with Gasteiger partial charge in [-0.15, -0.1) is 0 Å². The van der Waals surface area contributed by atoms with Crippen LogP contribution in [-0.2, 0) is 6.42 Å². The molecule has 2 unspecified atom stereocenters. The Morgan fingerprint density at radius 3 is 2.90 bits per heavy atom. The monoisotopic (exact) mass is 286 g/mol. The van der Waals surface area contributed by atoms with Crippen molar-refractivity contribution in [2.45, 2.75) is 45.1 Å². The van der Waals surface area contributed by atoms with Gasteiger partial charge in [-0.2, -0.15) is 0 Å². The number of piperidine rings is 1. The summed E-state index contributed by atoms with van der Waals surface area (Å²) < 4.78 is 0. The van der Waals surface area contributed by atoms with E-state index in [1.807, 2.05) is 18.2 Å². The van der Waals surface area contributed by atoms with Crippen LogP contribution in [0.3, 0.4) is 0 Å². The number of nitrogens with zero attached hydrogens (tertiary/aromatic N) is 1. The standard InChI is InChI=1S/C18H26N2O/c1-2-14-7-3-4-9-16(14)18(21)20-12-6-8-15(13-20)17-10-5-11-19-17/h3-4,7,9,15,17,19H,2,5-6,8,10-13H2,1H3. The molecule has 1 aromatic rings. The quantitative estimate of drug-likeness (QED) is 0.926. The number of rotatable bonds is 3. The zero-order valence-electron chi connectivity index (χ0n) is 13.0. The maximum atomic E-state index is 12.8. The van der Waals surface area contributed by atoms with Crippen molar-refractivity contribution in [1.82, 2.24) is 10.2 Å². The molecule has 3 nitrogen and oxygen atoms in total. The van der Waals surface area contributed by atoms with Gasteiger partial charge in [0.25, 0.3) is 5.91 Å². The molecule has 0 aromatic heterocycles. The Morgan fingerprint density at radius 2 is 2.14 bits per heavy atom. The average molecular weight is 286 g/mol. The second kappa shape index (κ2) is 6.61. The third kappa shape index (κ3) is 3.13. The summed E-state index contributed by atoms with van der Waals surface area (Å²) in [5.41, 5.74) is 2.07. The van der Waals surface area contributed by atoms with E-state index >= 15 is 0 Å². The predicted molar refractivity (Wildman–Crippen MR) is 85.5 cm³/mol. The molecule has 0 saturated carbocycles. The normalized spacial score (nSPS) is 26.0. The third-order valence-corrected chi connectivity index (χ3v) is 5.04. The van der Waals surface area contributed by atoms with Gasteiger partial charge in [-0.3, -0.25) is 4.79 Å². The van der Waals surface area contributed by atoms with Crippen LogP contribution in [0.25, 0.3) is 0 Å². The summed E-state index contributed by atoms with van der Waals surface area (Å²) in [5, 5.41) is 3.61. The van der Waals surface area contributed by atoms with Crippen LogP contribution in [0.5, 0.6) is 0 Å². The highest BCUT2D eigenvalue weighted by atomic mass is 16.2. The molecule has 2 aliphatic heterocycles. The van der Waals surface area contributed by atoms with E-state index in [0.717, 1.165) is 38.0 Å². The first-order chi connectivity index (χ1) is 10.3. The van der Waals surface area contributed by atoms with Crippen molar-refractivity contribution in [3.8, 4) is 0 Å². The number of aryl methyl sites for hydroxylation is 1. The van der Waals surface area contributed by atoms with E-state index in [9.17, 15) is 4.79 Å². The fraction of sp³-hybridized carbons (Fsp3) is 0.611. The van der Waals surface area contributed by atoms with Gasteiger partial charge in [-0.25, -0.2) is 0 Å². The summed E-state index contributed by atoms with van der Waals surface area (Å²) >= 11 is 0. The van der Waals surface area contributed by atoms with Crippen LogP contribution >= 0.6 is 0 Å². The van der Waals surface area contributed by atoms with Gasteiger partial charge in [-0.1, -0.05) is 25.1 Å². The van der Waals surface area contributed by atoms with Crippen LogP contribution in [0.15, 0.2) is 24.3 Å². The van der Waals surface area contributed by atoms with E-state index in [4.69, 9.17) is 0 Å². The van der Waals surface area contributed by atoms with E-state index in [1.165, 1.54) is 24.8 Å². The Labute approximate surface area is 127 Å². The molecule has 2 aliphatic rings. The lowest BCUT2D eigenvalue weighted by Gasteiger charge is -2.36.